The maximum Gasteiger partial charge on any atom is 0.319 e. The highest BCUT2D eigenvalue weighted by molar-refractivity contribution is 6.33. The lowest BCUT2D eigenvalue weighted by Gasteiger charge is -2.31. The van der Waals surface area contributed by atoms with Crippen molar-refractivity contribution < 1.29 is 23.0 Å². The van der Waals surface area contributed by atoms with Gasteiger partial charge in [-0.3, -0.25) is 15.0 Å². The van der Waals surface area contributed by atoms with Crippen molar-refractivity contribution in [1.82, 2.24) is 30.0 Å². The van der Waals surface area contributed by atoms with Gasteiger partial charge < -0.3 is 19.1 Å². The summed E-state index contributed by atoms with van der Waals surface area (Å²) in [4.78, 5) is 18.5. The second kappa shape index (κ2) is 11.9. The van der Waals surface area contributed by atoms with E-state index in [0.29, 0.717) is 86.2 Å². The predicted octanol–water partition coefficient (Wildman–Crippen LogP) is 5.12. The third kappa shape index (κ3) is 5.29. The second-order valence-electron chi connectivity index (χ2n) is 12.8. The molecular weight excluding hydrogens is 604 g/mol. The van der Waals surface area contributed by atoms with Gasteiger partial charge in [-0.05, 0) is 50.3 Å². The first-order valence-electron chi connectivity index (χ1n) is 15.9. The van der Waals surface area contributed by atoms with Gasteiger partial charge in [0.1, 0.15) is 29.8 Å². The number of alkyl halides is 1. The highest BCUT2D eigenvalue weighted by atomic mass is 35.5. The smallest absolute Gasteiger partial charge is 0.319 e. The molecule has 6 bridgehead atoms. The lowest BCUT2D eigenvalue weighted by atomic mass is 9.95. The van der Waals surface area contributed by atoms with Crippen molar-refractivity contribution in [3.63, 3.8) is 0 Å². The minimum atomic E-state index is -0.886. The van der Waals surface area contributed by atoms with Crippen molar-refractivity contribution >= 4 is 39.2 Å². The molecule has 1 N–H and O–H groups in total. The maximum atomic E-state index is 17.0. The van der Waals surface area contributed by atoms with Gasteiger partial charge in [0.2, 0.25) is 0 Å². The number of nitrogens with zero attached hydrogens (tertiary/aromatic N) is 6. The van der Waals surface area contributed by atoms with Crippen LogP contribution in [0.2, 0.25) is 5.02 Å². The molecule has 0 unspecified atom stereocenters. The Balaban J connectivity index is 1.29. The van der Waals surface area contributed by atoms with Gasteiger partial charge in [-0.25, -0.2) is 8.78 Å². The number of rotatable bonds is 3. The molecule has 0 saturated carbocycles. The van der Waals surface area contributed by atoms with Crippen LogP contribution in [0, 0.1) is 11.7 Å². The molecule has 3 aromatic heterocycles. The van der Waals surface area contributed by atoms with Crippen LogP contribution < -0.4 is 9.64 Å². The zero-order valence-corrected chi connectivity index (χ0v) is 25.8. The summed E-state index contributed by atoms with van der Waals surface area (Å²) in [6.45, 7) is 4.87. The van der Waals surface area contributed by atoms with Gasteiger partial charge in [0.15, 0.2) is 5.82 Å². The van der Waals surface area contributed by atoms with Gasteiger partial charge in [0, 0.05) is 60.7 Å². The van der Waals surface area contributed by atoms with E-state index in [1.54, 1.807) is 12.4 Å². The molecule has 0 amide bonds. The molecule has 238 valence electrons. The number of nitrogens with one attached hydrogen (secondary N) is 1. The number of benzene rings is 1. The lowest BCUT2D eigenvalue weighted by molar-refractivity contribution is 0.0536. The van der Waals surface area contributed by atoms with Crippen molar-refractivity contribution in [2.24, 2.45) is 5.92 Å². The highest BCUT2D eigenvalue weighted by Crippen LogP contribution is 2.42. The fourth-order valence-corrected chi connectivity index (χ4v) is 7.99. The normalized spacial score (nSPS) is 26.1. The van der Waals surface area contributed by atoms with E-state index in [9.17, 15) is 4.39 Å². The Morgan fingerprint density at radius 1 is 1.07 bits per heavy atom. The van der Waals surface area contributed by atoms with Gasteiger partial charge in [-0.15, -0.1) is 0 Å². The largest absolute Gasteiger partial charge is 0.461 e. The van der Waals surface area contributed by atoms with E-state index in [4.69, 9.17) is 35.8 Å². The SMILES string of the molecule is Fc1c2ncc3c(nc(OC[C@@]45CCCN4C[C@H](F)C5)nc13)N1CCOC[C@@H](COCCCCc3c(Cl)cc4[nH]ncc4c3-2)C1. The van der Waals surface area contributed by atoms with Crippen molar-refractivity contribution in [2.75, 3.05) is 64.1 Å². The van der Waals surface area contributed by atoms with Gasteiger partial charge >= 0.3 is 6.01 Å². The van der Waals surface area contributed by atoms with Crippen LogP contribution in [0.1, 0.15) is 37.7 Å². The van der Waals surface area contributed by atoms with E-state index in [2.05, 4.69) is 25.0 Å². The molecule has 1 aromatic carbocycles. The Hall–Kier alpha value is -3.19. The van der Waals surface area contributed by atoms with E-state index in [1.807, 2.05) is 6.07 Å². The third-order valence-electron chi connectivity index (χ3n) is 9.87. The molecule has 4 aromatic rings. The number of hydrogen-bond acceptors (Lipinski definition) is 9. The summed E-state index contributed by atoms with van der Waals surface area (Å²) in [5.74, 6) is 0.0589. The Morgan fingerprint density at radius 3 is 2.87 bits per heavy atom. The summed E-state index contributed by atoms with van der Waals surface area (Å²) in [7, 11) is 0. The maximum absolute atomic E-state index is 17.0. The number of hydrogen-bond donors (Lipinski definition) is 1. The fraction of sp³-hybridized carbons (Fsp3) is 0.562. The van der Waals surface area contributed by atoms with E-state index in [0.717, 1.165) is 43.2 Å². The summed E-state index contributed by atoms with van der Waals surface area (Å²) in [5.41, 5.74) is 1.98. The summed E-state index contributed by atoms with van der Waals surface area (Å²) in [5, 5.41) is 8.93. The zero-order valence-electron chi connectivity index (χ0n) is 25.0. The molecule has 8 heterocycles. The Bertz CT molecular complexity index is 1740. The van der Waals surface area contributed by atoms with Crippen LogP contribution in [0.3, 0.4) is 0 Å². The summed E-state index contributed by atoms with van der Waals surface area (Å²) >= 11 is 6.82. The van der Waals surface area contributed by atoms with E-state index in [-0.39, 0.29) is 29.7 Å². The number of anilines is 1. The molecule has 3 fully saturated rings. The molecule has 13 heteroatoms. The Kier molecular flexibility index (Phi) is 7.71. The number of aromatic nitrogens is 5. The second-order valence-corrected chi connectivity index (χ2v) is 13.2. The van der Waals surface area contributed by atoms with E-state index in [1.165, 1.54) is 0 Å². The molecule has 5 aliphatic rings. The van der Waals surface area contributed by atoms with Crippen LogP contribution in [0.4, 0.5) is 14.6 Å². The number of ether oxygens (including phenoxy) is 3. The Labute approximate surface area is 264 Å². The summed E-state index contributed by atoms with van der Waals surface area (Å²) in [6.07, 6.45) is 6.95. The van der Waals surface area contributed by atoms with Crippen molar-refractivity contribution in [1.29, 1.82) is 0 Å². The van der Waals surface area contributed by atoms with Gasteiger partial charge in [-0.2, -0.15) is 15.1 Å². The molecule has 5 aliphatic heterocycles. The first-order chi connectivity index (χ1) is 22.0. The number of aromatic amines is 1. The molecular formula is C32H36ClF2N7O3. The molecule has 9 rings (SSSR count). The fourth-order valence-electron chi connectivity index (χ4n) is 7.69. The van der Waals surface area contributed by atoms with Crippen LogP contribution in [0.5, 0.6) is 6.01 Å². The first kappa shape index (κ1) is 29.2. The number of fused-ring (bicyclic) bond motifs is 8. The van der Waals surface area contributed by atoms with Crippen LogP contribution in [-0.4, -0.2) is 101 Å². The molecule has 3 saturated heterocycles. The first-order valence-corrected chi connectivity index (χ1v) is 16.3. The minimum Gasteiger partial charge on any atom is -0.461 e. The van der Waals surface area contributed by atoms with Crippen LogP contribution in [0.15, 0.2) is 18.5 Å². The molecule has 0 aliphatic carbocycles. The molecule has 0 spiro atoms. The predicted molar refractivity (Wildman–Crippen MR) is 166 cm³/mol. The van der Waals surface area contributed by atoms with Crippen molar-refractivity contribution in [2.45, 2.75) is 50.2 Å². The average molecular weight is 640 g/mol. The zero-order chi connectivity index (χ0) is 30.5. The number of halogens is 3. The monoisotopic (exact) mass is 639 g/mol. The van der Waals surface area contributed by atoms with Crippen molar-refractivity contribution in [3.05, 3.63) is 34.9 Å². The topological polar surface area (TPSA) is 102 Å². The van der Waals surface area contributed by atoms with E-state index < -0.39 is 17.5 Å². The summed E-state index contributed by atoms with van der Waals surface area (Å²) in [6, 6.07) is 1.90. The van der Waals surface area contributed by atoms with Crippen molar-refractivity contribution in [3.8, 4) is 17.3 Å². The van der Waals surface area contributed by atoms with Crippen LogP contribution in [-0.2, 0) is 15.9 Å². The third-order valence-corrected chi connectivity index (χ3v) is 10.2. The molecule has 10 nitrogen and oxygen atoms in total. The quantitative estimate of drug-likeness (QED) is 0.327. The highest BCUT2D eigenvalue weighted by Gasteiger charge is 2.49. The van der Waals surface area contributed by atoms with Crippen LogP contribution in [0.25, 0.3) is 33.1 Å². The van der Waals surface area contributed by atoms with Crippen LogP contribution >= 0.6 is 11.6 Å². The number of H-pyrrole nitrogens is 1. The van der Waals surface area contributed by atoms with Gasteiger partial charge in [0.05, 0.1) is 42.5 Å². The molecule has 45 heavy (non-hydrogen) atoms. The van der Waals surface area contributed by atoms with Gasteiger partial charge in [-0.1, -0.05) is 11.6 Å². The number of pyridine rings is 1. The Morgan fingerprint density at radius 2 is 1.96 bits per heavy atom. The van der Waals surface area contributed by atoms with E-state index >= 15 is 4.39 Å². The standard InChI is InChI=1S/C32H36ClF2N7O3/c33-24-10-25-22(13-37-40-25)26-21(24)4-1-2-8-43-16-19-14-41(7-9-44-17-19)30-23-12-36-29(26)27(35)28(23)38-31(39-30)45-18-32-5-3-6-42(32)15-20(34)11-32/h10,12-13,19-20H,1-9,11,14-18H2,(H,37,40)/t19-,20-,32+/m1/s1. The van der Waals surface area contributed by atoms with Gasteiger partial charge in [0.25, 0.3) is 0 Å². The molecule has 3 atom stereocenters. The lowest BCUT2D eigenvalue weighted by Crippen LogP contribution is -2.43. The minimum absolute atomic E-state index is 0.0657. The summed E-state index contributed by atoms with van der Waals surface area (Å²) < 4.78 is 49.8. The molecule has 0 radical (unpaired) electrons. The average Bonchev–Trinajstić information content (AvgIpc) is 3.67.